The Balaban J connectivity index is 3.51. The van der Waals surface area contributed by atoms with Gasteiger partial charge in [-0.15, -0.1) is 0 Å². The van der Waals surface area contributed by atoms with E-state index in [0.29, 0.717) is 12.5 Å². The number of nitrogens with two attached hydrogens (primary N) is 2. The summed E-state index contributed by atoms with van der Waals surface area (Å²) in [6.45, 7) is 8.48. The van der Waals surface area contributed by atoms with Crippen LogP contribution >= 0.6 is 0 Å². The summed E-state index contributed by atoms with van der Waals surface area (Å²) in [4.78, 5) is 0. The van der Waals surface area contributed by atoms with E-state index in [-0.39, 0.29) is 0 Å². The molecular weight excluding hydrogens is 114 g/mol. The molecule has 0 aliphatic heterocycles. The van der Waals surface area contributed by atoms with Gasteiger partial charge in [-0.25, -0.2) is 0 Å². The fourth-order valence-corrected chi connectivity index (χ4v) is 0.417. The second kappa shape index (κ2) is 3.61. The monoisotopic (exact) mass is 129 g/mol. The zero-order valence-corrected chi connectivity index (χ0v) is 6.09. The molecule has 3 nitrogen and oxygen atoms in total. The Hall–Kier alpha value is -0.380. The molecule has 3 heteroatoms. The summed E-state index contributed by atoms with van der Waals surface area (Å²) < 4.78 is 0. The molecule has 0 aliphatic carbocycles. The van der Waals surface area contributed by atoms with Crippen molar-refractivity contribution >= 4 is 0 Å². The van der Waals surface area contributed by atoms with E-state index in [1.54, 1.807) is 0 Å². The van der Waals surface area contributed by atoms with Crippen LogP contribution in [0.15, 0.2) is 12.2 Å². The minimum absolute atomic E-state index is 0.458. The molecule has 0 radical (unpaired) electrons. The highest BCUT2D eigenvalue weighted by molar-refractivity contribution is 4.98. The minimum Gasteiger partial charge on any atom is -0.255 e. The predicted molar refractivity (Wildman–Crippen MR) is 39.1 cm³/mol. The van der Waals surface area contributed by atoms with Gasteiger partial charge in [-0.05, 0) is 5.92 Å². The molecule has 0 bridgehead atoms. The maximum absolute atomic E-state index is 5.18. The number of hydrazine groups is 2. The number of hydrogen-bond donors (Lipinski definition) is 2. The van der Waals surface area contributed by atoms with Crippen LogP contribution in [0.25, 0.3) is 0 Å². The summed E-state index contributed by atoms with van der Waals surface area (Å²) in [6, 6.07) is 0. The molecule has 0 rings (SSSR count). The zero-order chi connectivity index (χ0) is 7.44. The van der Waals surface area contributed by atoms with Crippen molar-refractivity contribution < 1.29 is 0 Å². The molecule has 0 aliphatic rings. The van der Waals surface area contributed by atoms with E-state index in [4.69, 9.17) is 11.7 Å². The van der Waals surface area contributed by atoms with Crippen molar-refractivity contribution in [2.24, 2.45) is 17.6 Å². The Bertz CT molecular complexity index is 96.5. The van der Waals surface area contributed by atoms with Gasteiger partial charge in [0.05, 0.1) is 0 Å². The molecule has 4 N–H and O–H groups in total. The van der Waals surface area contributed by atoms with Crippen molar-refractivity contribution in [3.05, 3.63) is 12.2 Å². The normalized spacial score (nSPS) is 10.9. The average Bonchev–Trinajstić information content (AvgIpc) is 1.63. The SMILES string of the molecule is C=C(CN(N)N)C(C)C. The van der Waals surface area contributed by atoms with Crippen LogP contribution in [0.2, 0.25) is 0 Å². The van der Waals surface area contributed by atoms with Crippen LogP contribution < -0.4 is 11.7 Å². The van der Waals surface area contributed by atoms with Gasteiger partial charge in [0.15, 0.2) is 0 Å². The van der Waals surface area contributed by atoms with Gasteiger partial charge >= 0.3 is 0 Å². The highest BCUT2D eigenvalue weighted by Crippen LogP contribution is 2.04. The third kappa shape index (κ3) is 4.14. The molecule has 0 fully saturated rings. The molecule has 0 aromatic heterocycles. The van der Waals surface area contributed by atoms with Gasteiger partial charge in [0, 0.05) is 6.54 Å². The summed E-state index contributed by atoms with van der Waals surface area (Å²) >= 11 is 0. The first-order chi connectivity index (χ1) is 4.04. The molecule has 0 saturated carbocycles. The number of rotatable bonds is 3. The van der Waals surface area contributed by atoms with Gasteiger partial charge in [-0.2, -0.15) is 5.12 Å². The van der Waals surface area contributed by atoms with Gasteiger partial charge in [-0.1, -0.05) is 26.0 Å². The highest BCUT2D eigenvalue weighted by Gasteiger charge is 2.00. The second-order valence-corrected chi connectivity index (χ2v) is 2.49. The molecule has 0 spiro atoms. The van der Waals surface area contributed by atoms with E-state index in [0.717, 1.165) is 10.7 Å². The van der Waals surface area contributed by atoms with E-state index in [2.05, 4.69) is 20.4 Å². The molecular formula is C6H15N3. The lowest BCUT2D eigenvalue weighted by atomic mass is 10.1. The van der Waals surface area contributed by atoms with E-state index >= 15 is 0 Å². The molecule has 0 unspecified atom stereocenters. The zero-order valence-electron chi connectivity index (χ0n) is 6.09. The minimum atomic E-state index is 0.458. The van der Waals surface area contributed by atoms with E-state index in [1.807, 2.05) is 0 Å². The lowest BCUT2D eigenvalue weighted by Crippen LogP contribution is -2.39. The van der Waals surface area contributed by atoms with Crippen molar-refractivity contribution in [2.45, 2.75) is 13.8 Å². The third-order valence-corrected chi connectivity index (χ3v) is 1.20. The van der Waals surface area contributed by atoms with Crippen molar-refractivity contribution in [3.8, 4) is 0 Å². The first kappa shape index (κ1) is 8.62. The van der Waals surface area contributed by atoms with Crippen LogP contribution in [0.4, 0.5) is 0 Å². The Morgan fingerprint density at radius 3 is 2.11 bits per heavy atom. The van der Waals surface area contributed by atoms with Crippen LogP contribution in [0.1, 0.15) is 13.8 Å². The molecule has 9 heavy (non-hydrogen) atoms. The van der Waals surface area contributed by atoms with Gasteiger partial charge in [0.25, 0.3) is 0 Å². The van der Waals surface area contributed by atoms with Crippen molar-refractivity contribution in [1.29, 1.82) is 0 Å². The quantitative estimate of drug-likeness (QED) is 0.326. The van der Waals surface area contributed by atoms with Crippen molar-refractivity contribution in [1.82, 2.24) is 5.12 Å². The molecule has 0 heterocycles. The average molecular weight is 129 g/mol. The third-order valence-electron chi connectivity index (χ3n) is 1.20. The second-order valence-electron chi connectivity index (χ2n) is 2.49. The molecule has 0 amide bonds. The Kier molecular flexibility index (Phi) is 3.46. The van der Waals surface area contributed by atoms with Gasteiger partial charge in [0.2, 0.25) is 0 Å². The van der Waals surface area contributed by atoms with Crippen LogP contribution in [0.3, 0.4) is 0 Å². The summed E-state index contributed by atoms with van der Waals surface area (Å²) in [5, 5.41) is 1.14. The van der Waals surface area contributed by atoms with Crippen molar-refractivity contribution in [3.63, 3.8) is 0 Å². The van der Waals surface area contributed by atoms with E-state index in [9.17, 15) is 0 Å². The fourth-order valence-electron chi connectivity index (χ4n) is 0.417. The number of hydrogen-bond acceptors (Lipinski definition) is 3. The molecule has 0 atom stereocenters. The summed E-state index contributed by atoms with van der Waals surface area (Å²) in [5.74, 6) is 10.8. The maximum Gasteiger partial charge on any atom is 0.0493 e. The molecule has 54 valence electrons. The van der Waals surface area contributed by atoms with Crippen LogP contribution in [0, 0.1) is 5.92 Å². The van der Waals surface area contributed by atoms with Gasteiger partial charge in [-0.3, -0.25) is 11.7 Å². The number of nitrogens with zero attached hydrogens (tertiary/aromatic N) is 1. The van der Waals surface area contributed by atoms with E-state index < -0.39 is 0 Å². The summed E-state index contributed by atoms with van der Waals surface area (Å²) in [7, 11) is 0. The highest BCUT2D eigenvalue weighted by atomic mass is 15.6. The van der Waals surface area contributed by atoms with Gasteiger partial charge < -0.3 is 0 Å². The van der Waals surface area contributed by atoms with E-state index in [1.165, 1.54) is 0 Å². The van der Waals surface area contributed by atoms with Crippen molar-refractivity contribution in [2.75, 3.05) is 6.54 Å². The fraction of sp³-hybridized carbons (Fsp3) is 0.667. The van der Waals surface area contributed by atoms with Crippen LogP contribution in [-0.4, -0.2) is 11.7 Å². The smallest absolute Gasteiger partial charge is 0.0493 e. The summed E-state index contributed by atoms with van der Waals surface area (Å²) in [6.07, 6.45) is 0. The predicted octanol–water partition coefficient (Wildman–Crippen LogP) is 0.248. The first-order valence-corrected chi connectivity index (χ1v) is 2.98. The lowest BCUT2D eigenvalue weighted by molar-refractivity contribution is 0.312. The molecule has 0 saturated heterocycles. The topological polar surface area (TPSA) is 55.3 Å². The molecule has 0 aromatic carbocycles. The lowest BCUT2D eigenvalue weighted by Gasteiger charge is -2.13. The summed E-state index contributed by atoms with van der Waals surface area (Å²) in [5.41, 5.74) is 1.06. The standard InChI is InChI=1S/C6H15N3/c1-5(2)6(3)4-9(7)8/h5H,3-4,7-8H2,1-2H3. The Morgan fingerprint density at radius 2 is 2.00 bits per heavy atom. The maximum atomic E-state index is 5.18. The molecule has 0 aromatic rings. The first-order valence-electron chi connectivity index (χ1n) is 2.98. The van der Waals surface area contributed by atoms with Crippen LogP contribution in [0.5, 0.6) is 0 Å². The van der Waals surface area contributed by atoms with Crippen LogP contribution in [-0.2, 0) is 0 Å². The Morgan fingerprint density at radius 1 is 1.56 bits per heavy atom. The largest absolute Gasteiger partial charge is 0.255 e. The Labute approximate surface area is 56.3 Å². The van der Waals surface area contributed by atoms with Gasteiger partial charge in [0.1, 0.15) is 0 Å².